The van der Waals surface area contributed by atoms with E-state index in [0.29, 0.717) is 11.5 Å². The minimum atomic E-state index is 0.227. The molecule has 4 aromatic rings. The Balaban J connectivity index is 0.000000177. The molecule has 0 amide bonds. The van der Waals surface area contributed by atoms with Crippen molar-refractivity contribution in [1.82, 2.24) is 15.0 Å². The van der Waals surface area contributed by atoms with Crippen molar-refractivity contribution in [2.45, 2.75) is 45.4 Å². The van der Waals surface area contributed by atoms with E-state index in [9.17, 15) is 9.59 Å². The van der Waals surface area contributed by atoms with Gasteiger partial charge in [0.25, 0.3) is 0 Å². The van der Waals surface area contributed by atoms with Gasteiger partial charge in [-0.05, 0) is 67.8 Å². The lowest BCUT2D eigenvalue weighted by Crippen LogP contribution is -1.98. The Morgan fingerprint density at radius 2 is 1.66 bits per heavy atom. The number of aromatic amines is 1. The molecule has 1 aliphatic carbocycles. The van der Waals surface area contributed by atoms with Crippen LogP contribution in [0.1, 0.15) is 54.4 Å². The number of imidazole rings is 1. The molecule has 0 saturated heterocycles. The molecule has 2 aromatic heterocycles. The summed E-state index contributed by atoms with van der Waals surface area (Å²) < 4.78 is 0. The summed E-state index contributed by atoms with van der Waals surface area (Å²) in [5.74, 6) is 2.29. The van der Waals surface area contributed by atoms with Gasteiger partial charge >= 0.3 is 0 Å². The molecule has 0 aliphatic heterocycles. The summed E-state index contributed by atoms with van der Waals surface area (Å²) in [6, 6.07) is 14.8. The highest BCUT2D eigenvalue weighted by Gasteiger charge is 2.09. The zero-order valence-corrected chi connectivity index (χ0v) is 22.3. The predicted octanol–water partition coefficient (Wildman–Crippen LogP) is 6.38. The number of H-pyrrole nitrogens is 1. The highest BCUT2D eigenvalue weighted by atomic mass is 16.3. The number of aromatic nitrogens is 3. The molecule has 1 aliphatic rings. The predicted molar refractivity (Wildman–Crippen MR) is 154 cm³/mol. The number of fused-ring (bicyclic) bond motifs is 1. The van der Waals surface area contributed by atoms with Gasteiger partial charge in [0.15, 0.2) is 0 Å². The molecule has 1 fully saturated rings. The lowest BCUT2D eigenvalue weighted by molar-refractivity contribution is -0.111. The van der Waals surface area contributed by atoms with E-state index < -0.39 is 0 Å². The largest absolute Gasteiger partial charge is 0.508 e. The van der Waals surface area contributed by atoms with E-state index in [1.165, 1.54) is 31.7 Å². The average Bonchev–Trinajstić information content (AvgIpc) is 3.20. The molecule has 0 bridgehead atoms. The maximum absolute atomic E-state index is 10.3. The first-order valence-corrected chi connectivity index (χ1v) is 13.0. The molecule has 8 heteroatoms. The van der Waals surface area contributed by atoms with Crippen molar-refractivity contribution < 1.29 is 14.7 Å². The minimum Gasteiger partial charge on any atom is -0.508 e. The fourth-order valence-corrected chi connectivity index (χ4v) is 4.18. The highest BCUT2D eigenvalue weighted by Crippen LogP contribution is 2.23. The molecule has 0 spiro atoms. The molecule has 2 heterocycles. The van der Waals surface area contributed by atoms with Crippen LogP contribution in [0.15, 0.2) is 54.7 Å². The van der Waals surface area contributed by atoms with E-state index in [-0.39, 0.29) is 5.75 Å². The third-order valence-electron chi connectivity index (χ3n) is 6.52. The van der Waals surface area contributed by atoms with Gasteiger partial charge in [-0.15, -0.1) is 0 Å². The van der Waals surface area contributed by atoms with Crippen molar-refractivity contribution in [3.8, 4) is 17.1 Å². The number of phenolic OH excluding ortho intramolecular Hbond substituents is 1. The SMILES string of the molecule is CNc1ccc(-c2nc3cc(NC)ncc3[nH]2)cc1.Cc1cc(C=O)ccc1O.O=CC1CCCCCC1. The smallest absolute Gasteiger partial charge is 0.150 e. The minimum absolute atomic E-state index is 0.227. The van der Waals surface area contributed by atoms with Crippen LogP contribution in [0, 0.1) is 12.8 Å². The second-order valence-electron chi connectivity index (χ2n) is 9.30. The summed E-state index contributed by atoms with van der Waals surface area (Å²) in [5.41, 5.74) is 5.30. The van der Waals surface area contributed by atoms with Crippen molar-refractivity contribution >= 4 is 35.1 Å². The first kappa shape index (κ1) is 28.4. The number of hydrogen-bond acceptors (Lipinski definition) is 7. The topological polar surface area (TPSA) is 120 Å². The second-order valence-corrected chi connectivity index (χ2v) is 9.30. The molecule has 0 unspecified atom stereocenters. The monoisotopic (exact) mass is 515 g/mol. The van der Waals surface area contributed by atoms with Crippen LogP contribution >= 0.6 is 0 Å². The molecule has 2 aromatic carbocycles. The van der Waals surface area contributed by atoms with Gasteiger partial charge in [0.2, 0.25) is 0 Å². The fraction of sp³-hybridized carbons (Fsp3) is 0.333. The van der Waals surface area contributed by atoms with Crippen molar-refractivity contribution in [1.29, 1.82) is 0 Å². The third-order valence-corrected chi connectivity index (χ3v) is 6.52. The number of rotatable bonds is 5. The number of anilines is 2. The number of pyridine rings is 1. The first-order chi connectivity index (χ1) is 18.5. The quantitative estimate of drug-likeness (QED) is 0.180. The number of nitrogens with zero attached hydrogens (tertiary/aromatic N) is 2. The van der Waals surface area contributed by atoms with Crippen LogP contribution in [0.5, 0.6) is 5.75 Å². The molecule has 200 valence electrons. The van der Waals surface area contributed by atoms with Gasteiger partial charge in [0.1, 0.15) is 30.0 Å². The Labute approximate surface area is 223 Å². The van der Waals surface area contributed by atoms with E-state index in [0.717, 1.165) is 64.9 Å². The van der Waals surface area contributed by atoms with Crippen LogP contribution in [0.25, 0.3) is 22.4 Å². The standard InChI is InChI=1S/C14H15N5.C8H8O2.C8H14O/c1-15-10-5-3-9(4-6-10)14-18-11-7-13(16-2)17-8-12(11)19-14;1-6-4-7(5-9)2-3-8(6)10;9-7-8-5-3-1-2-4-6-8/h3-8,15H,1-2H3,(H,16,17)(H,18,19);2-5,10H,1H3;7-8H,1-6H2. The van der Waals surface area contributed by atoms with Gasteiger partial charge in [-0.2, -0.15) is 0 Å². The molecule has 38 heavy (non-hydrogen) atoms. The van der Waals surface area contributed by atoms with Gasteiger partial charge in [0, 0.05) is 42.9 Å². The number of phenols is 1. The number of benzene rings is 2. The Bertz CT molecular complexity index is 1310. The Kier molecular flexibility index (Phi) is 10.8. The summed E-state index contributed by atoms with van der Waals surface area (Å²) in [4.78, 5) is 32.6. The van der Waals surface area contributed by atoms with Crippen LogP contribution in [0.3, 0.4) is 0 Å². The van der Waals surface area contributed by atoms with Gasteiger partial charge in [-0.25, -0.2) is 9.97 Å². The summed E-state index contributed by atoms with van der Waals surface area (Å²) in [6.07, 6.45) is 11.2. The number of aryl methyl sites for hydroxylation is 1. The van der Waals surface area contributed by atoms with E-state index in [1.54, 1.807) is 25.3 Å². The average molecular weight is 516 g/mol. The van der Waals surface area contributed by atoms with Crippen LogP contribution < -0.4 is 10.6 Å². The molecule has 5 rings (SSSR count). The maximum atomic E-state index is 10.3. The van der Waals surface area contributed by atoms with E-state index >= 15 is 0 Å². The number of aromatic hydroxyl groups is 1. The first-order valence-electron chi connectivity index (χ1n) is 13.0. The van der Waals surface area contributed by atoms with E-state index in [2.05, 4.69) is 25.6 Å². The summed E-state index contributed by atoms with van der Waals surface area (Å²) in [5, 5.41) is 15.1. The lowest BCUT2D eigenvalue weighted by Gasteiger charge is -2.01. The highest BCUT2D eigenvalue weighted by molar-refractivity contribution is 5.81. The van der Waals surface area contributed by atoms with E-state index in [1.807, 2.05) is 44.4 Å². The van der Waals surface area contributed by atoms with Gasteiger partial charge < -0.3 is 25.5 Å². The number of hydrogen-bond donors (Lipinski definition) is 4. The van der Waals surface area contributed by atoms with Gasteiger partial charge in [0.05, 0.1) is 17.2 Å². The van der Waals surface area contributed by atoms with Crippen molar-refractivity contribution in [3.63, 3.8) is 0 Å². The fourth-order valence-electron chi connectivity index (χ4n) is 4.18. The Hall–Kier alpha value is -4.20. The summed E-state index contributed by atoms with van der Waals surface area (Å²) in [7, 11) is 3.75. The summed E-state index contributed by atoms with van der Waals surface area (Å²) in [6.45, 7) is 1.75. The van der Waals surface area contributed by atoms with Crippen LogP contribution in [-0.2, 0) is 4.79 Å². The number of nitrogens with one attached hydrogen (secondary N) is 3. The zero-order chi connectivity index (χ0) is 27.3. The molecular formula is C30H37N5O3. The molecule has 8 nitrogen and oxygen atoms in total. The number of carbonyl (C=O) groups excluding carboxylic acids is 2. The molecular weight excluding hydrogens is 478 g/mol. The molecule has 0 atom stereocenters. The maximum Gasteiger partial charge on any atom is 0.150 e. The number of carbonyl (C=O) groups is 2. The van der Waals surface area contributed by atoms with Crippen molar-refractivity contribution in [3.05, 3.63) is 65.9 Å². The van der Waals surface area contributed by atoms with Gasteiger partial charge in [-0.3, -0.25) is 4.79 Å². The Morgan fingerprint density at radius 1 is 0.947 bits per heavy atom. The number of aldehydes is 2. The van der Waals surface area contributed by atoms with Gasteiger partial charge in [-0.1, -0.05) is 25.7 Å². The van der Waals surface area contributed by atoms with Crippen LogP contribution in [0.2, 0.25) is 0 Å². The molecule has 1 saturated carbocycles. The van der Waals surface area contributed by atoms with E-state index in [4.69, 9.17) is 5.11 Å². The van der Waals surface area contributed by atoms with Crippen molar-refractivity contribution in [2.75, 3.05) is 24.7 Å². The van der Waals surface area contributed by atoms with Crippen LogP contribution in [0.4, 0.5) is 11.5 Å². The Morgan fingerprint density at radius 3 is 2.24 bits per heavy atom. The zero-order valence-electron chi connectivity index (χ0n) is 22.3. The third kappa shape index (κ3) is 8.16. The summed E-state index contributed by atoms with van der Waals surface area (Å²) >= 11 is 0. The normalized spacial score (nSPS) is 13.2. The molecule has 4 N–H and O–H groups in total. The second kappa shape index (κ2) is 14.5. The molecule has 0 radical (unpaired) electrons. The van der Waals surface area contributed by atoms with Crippen molar-refractivity contribution in [2.24, 2.45) is 5.92 Å². The van der Waals surface area contributed by atoms with Crippen LogP contribution in [-0.4, -0.2) is 46.7 Å². The lowest BCUT2D eigenvalue weighted by atomic mass is 10.0.